The van der Waals surface area contributed by atoms with Crippen LogP contribution in [0.3, 0.4) is 0 Å². The van der Waals surface area contributed by atoms with Crippen molar-refractivity contribution in [1.82, 2.24) is 9.80 Å². The van der Waals surface area contributed by atoms with E-state index in [2.05, 4.69) is 0 Å². The summed E-state index contributed by atoms with van der Waals surface area (Å²) in [6, 6.07) is 4.81. The summed E-state index contributed by atoms with van der Waals surface area (Å²) in [6.07, 6.45) is 0.761. The summed E-state index contributed by atoms with van der Waals surface area (Å²) in [4.78, 5) is 27.2. The van der Waals surface area contributed by atoms with Gasteiger partial charge in [-0.15, -0.1) is 0 Å². The number of carboxylic acids is 1. The zero-order chi connectivity index (χ0) is 17.0. The summed E-state index contributed by atoms with van der Waals surface area (Å²) in [5, 5.41) is 9.78. The van der Waals surface area contributed by atoms with E-state index < -0.39 is 12.0 Å². The van der Waals surface area contributed by atoms with Gasteiger partial charge in [0.1, 0.15) is 11.8 Å². The summed E-state index contributed by atoms with van der Waals surface area (Å²) in [6.45, 7) is 5.87. The van der Waals surface area contributed by atoms with Gasteiger partial charge in [-0.3, -0.25) is 14.5 Å². The molecule has 1 heterocycles. The lowest BCUT2D eigenvalue weighted by atomic mass is 10.0. The lowest BCUT2D eigenvalue weighted by molar-refractivity contribution is -0.143. The van der Waals surface area contributed by atoms with Crippen molar-refractivity contribution in [2.24, 2.45) is 0 Å². The van der Waals surface area contributed by atoms with Crippen molar-refractivity contribution < 1.29 is 19.4 Å². The number of hydrogen-bond acceptors (Lipinski definition) is 4. The van der Waals surface area contributed by atoms with Crippen molar-refractivity contribution >= 4 is 11.9 Å². The molecule has 0 aliphatic carbocycles. The zero-order valence-corrected chi connectivity index (χ0v) is 13.9. The predicted molar refractivity (Wildman–Crippen MR) is 86.6 cm³/mol. The molecule has 126 valence electrons. The maximum atomic E-state index is 11.9. The van der Waals surface area contributed by atoms with Crippen LogP contribution in [0.4, 0.5) is 0 Å². The van der Waals surface area contributed by atoms with Crippen LogP contribution in [0.1, 0.15) is 30.5 Å². The molecule has 1 aromatic carbocycles. The summed E-state index contributed by atoms with van der Waals surface area (Å²) in [5.74, 6) is -0.285. The lowest BCUT2D eigenvalue weighted by Gasteiger charge is -2.29. The predicted octanol–water partition coefficient (Wildman–Crippen LogP) is 1.68. The number of ether oxygens (including phenoxy) is 1. The van der Waals surface area contributed by atoms with Crippen molar-refractivity contribution in [3.05, 3.63) is 29.3 Å². The van der Waals surface area contributed by atoms with Crippen LogP contribution in [0.25, 0.3) is 0 Å². The topological polar surface area (TPSA) is 70.1 Å². The molecule has 2 rings (SSSR count). The van der Waals surface area contributed by atoms with Gasteiger partial charge in [0, 0.05) is 38.7 Å². The minimum absolute atomic E-state index is 0.0341. The summed E-state index contributed by atoms with van der Waals surface area (Å²) in [5.41, 5.74) is 1.66. The molecular formula is C17H24N2O4. The Bertz CT molecular complexity index is 588. The smallest absolute Gasteiger partial charge is 0.325 e. The van der Waals surface area contributed by atoms with Crippen LogP contribution in [-0.4, -0.2) is 60.1 Å². The number of aliphatic carboxylic acids is 1. The number of carbonyl (C=O) groups is 2. The van der Waals surface area contributed by atoms with E-state index in [0.717, 1.165) is 12.0 Å². The first kappa shape index (κ1) is 17.3. The van der Waals surface area contributed by atoms with Crippen LogP contribution >= 0.6 is 0 Å². The van der Waals surface area contributed by atoms with Crippen LogP contribution in [0.5, 0.6) is 5.75 Å². The number of methoxy groups -OCH3 is 1. The van der Waals surface area contributed by atoms with Crippen molar-refractivity contribution in [1.29, 1.82) is 0 Å². The molecule has 1 N–H and O–H groups in total. The number of rotatable bonds is 4. The number of carbonyl (C=O) groups excluding carboxylic acids is 1. The molecule has 1 amide bonds. The van der Waals surface area contributed by atoms with E-state index >= 15 is 0 Å². The third kappa shape index (κ3) is 4.01. The molecule has 0 saturated carbocycles. The van der Waals surface area contributed by atoms with Crippen LogP contribution < -0.4 is 4.74 Å². The van der Waals surface area contributed by atoms with Gasteiger partial charge in [-0.05, 0) is 19.4 Å². The van der Waals surface area contributed by atoms with Gasteiger partial charge in [0.2, 0.25) is 5.91 Å². The van der Waals surface area contributed by atoms with Gasteiger partial charge in [0.15, 0.2) is 0 Å². The molecule has 1 saturated heterocycles. The molecule has 1 aliphatic heterocycles. The van der Waals surface area contributed by atoms with Gasteiger partial charge in [-0.1, -0.05) is 17.7 Å². The van der Waals surface area contributed by atoms with Crippen LogP contribution in [0.2, 0.25) is 0 Å². The number of benzene rings is 1. The van der Waals surface area contributed by atoms with E-state index in [-0.39, 0.29) is 5.91 Å². The maximum Gasteiger partial charge on any atom is 0.325 e. The van der Waals surface area contributed by atoms with Gasteiger partial charge in [-0.25, -0.2) is 0 Å². The monoisotopic (exact) mass is 320 g/mol. The standard InChI is InChI=1S/C17H24N2O4/c1-12-5-6-15(23-3)14(11-12)16(17(21)22)19-8-4-7-18(9-10-19)13(2)20/h5-6,11,16H,4,7-10H2,1-3H3,(H,21,22)/t16-/m1/s1. The number of carboxylic acid groups (broad SMARTS) is 1. The average Bonchev–Trinajstić information content (AvgIpc) is 2.73. The van der Waals surface area contributed by atoms with Crippen LogP contribution in [-0.2, 0) is 9.59 Å². The second-order valence-corrected chi connectivity index (χ2v) is 5.88. The molecule has 1 aliphatic rings. The first-order chi connectivity index (χ1) is 10.9. The summed E-state index contributed by atoms with van der Waals surface area (Å²) < 4.78 is 5.36. The first-order valence-electron chi connectivity index (χ1n) is 7.81. The normalized spacial score (nSPS) is 17.4. The van der Waals surface area contributed by atoms with E-state index in [4.69, 9.17) is 4.74 Å². The maximum absolute atomic E-state index is 11.9. The SMILES string of the molecule is COc1ccc(C)cc1[C@H](C(=O)O)N1CCCN(C(C)=O)CC1. The highest BCUT2D eigenvalue weighted by Gasteiger charge is 2.31. The molecule has 0 unspecified atom stereocenters. The van der Waals surface area contributed by atoms with Gasteiger partial charge in [0.05, 0.1) is 7.11 Å². The molecule has 6 heteroatoms. The Balaban J connectivity index is 2.30. The molecule has 6 nitrogen and oxygen atoms in total. The van der Waals surface area contributed by atoms with Crippen LogP contribution in [0.15, 0.2) is 18.2 Å². The Hall–Kier alpha value is -2.08. The zero-order valence-electron chi connectivity index (χ0n) is 13.9. The highest BCUT2D eigenvalue weighted by atomic mass is 16.5. The van der Waals surface area contributed by atoms with E-state index in [1.165, 1.54) is 0 Å². The van der Waals surface area contributed by atoms with Crippen molar-refractivity contribution in [3.8, 4) is 5.75 Å². The molecule has 1 fully saturated rings. The van der Waals surface area contributed by atoms with E-state index in [1.807, 2.05) is 24.0 Å². The second kappa shape index (κ2) is 7.46. The molecule has 0 radical (unpaired) electrons. The minimum atomic E-state index is -0.898. The van der Waals surface area contributed by atoms with Gasteiger partial charge >= 0.3 is 5.97 Å². The number of amides is 1. The fraction of sp³-hybridized carbons (Fsp3) is 0.529. The molecule has 0 spiro atoms. The summed E-state index contributed by atoms with van der Waals surface area (Å²) >= 11 is 0. The Morgan fingerprint density at radius 3 is 2.57 bits per heavy atom. The fourth-order valence-electron chi connectivity index (χ4n) is 3.06. The highest BCUT2D eigenvalue weighted by Crippen LogP contribution is 2.31. The third-order valence-electron chi connectivity index (χ3n) is 4.25. The molecule has 1 atom stereocenters. The Morgan fingerprint density at radius 1 is 1.22 bits per heavy atom. The Morgan fingerprint density at radius 2 is 1.96 bits per heavy atom. The molecular weight excluding hydrogens is 296 g/mol. The number of aryl methyl sites for hydroxylation is 1. The summed E-state index contributed by atoms with van der Waals surface area (Å²) in [7, 11) is 1.55. The van der Waals surface area contributed by atoms with Crippen molar-refractivity contribution in [2.45, 2.75) is 26.3 Å². The Kier molecular flexibility index (Phi) is 5.60. The first-order valence-corrected chi connectivity index (χ1v) is 7.81. The minimum Gasteiger partial charge on any atom is -0.496 e. The molecule has 0 aromatic heterocycles. The van der Waals surface area contributed by atoms with Crippen molar-refractivity contribution in [3.63, 3.8) is 0 Å². The quantitative estimate of drug-likeness (QED) is 0.914. The highest BCUT2D eigenvalue weighted by molar-refractivity contribution is 5.77. The number of hydrogen-bond donors (Lipinski definition) is 1. The number of nitrogens with zero attached hydrogens (tertiary/aromatic N) is 2. The van der Waals surface area contributed by atoms with Crippen LogP contribution in [0, 0.1) is 6.92 Å². The van der Waals surface area contributed by atoms with Gasteiger partial charge in [-0.2, -0.15) is 0 Å². The van der Waals surface area contributed by atoms with Crippen molar-refractivity contribution in [2.75, 3.05) is 33.3 Å². The fourth-order valence-corrected chi connectivity index (χ4v) is 3.06. The Labute approximate surface area is 136 Å². The van der Waals surface area contributed by atoms with Gasteiger partial charge in [0.25, 0.3) is 0 Å². The molecule has 23 heavy (non-hydrogen) atoms. The van der Waals surface area contributed by atoms with Gasteiger partial charge < -0.3 is 14.7 Å². The second-order valence-electron chi connectivity index (χ2n) is 5.88. The lowest BCUT2D eigenvalue weighted by Crippen LogP contribution is -2.38. The van der Waals surface area contributed by atoms with E-state index in [9.17, 15) is 14.7 Å². The largest absolute Gasteiger partial charge is 0.496 e. The average molecular weight is 320 g/mol. The molecule has 0 bridgehead atoms. The molecule has 1 aromatic rings. The third-order valence-corrected chi connectivity index (χ3v) is 4.25. The van der Waals surface area contributed by atoms with E-state index in [0.29, 0.717) is 37.5 Å². The van der Waals surface area contributed by atoms with E-state index in [1.54, 1.807) is 25.0 Å².